The summed E-state index contributed by atoms with van der Waals surface area (Å²) in [4.78, 5) is 36.3. The van der Waals surface area contributed by atoms with Gasteiger partial charge in [-0.2, -0.15) is 0 Å². The lowest BCUT2D eigenvalue weighted by Crippen LogP contribution is -2.38. The van der Waals surface area contributed by atoms with Gasteiger partial charge in [-0.1, -0.05) is 23.7 Å². The molecular weight excluding hydrogens is 621 g/mol. The molecule has 3 aromatic carbocycles. The zero-order valence-corrected chi connectivity index (χ0v) is 26.9. The van der Waals surface area contributed by atoms with E-state index >= 15 is 0 Å². The first kappa shape index (κ1) is 31.5. The molecule has 8 nitrogen and oxygen atoms in total. The molecule has 0 saturated heterocycles. The average Bonchev–Trinajstić information content (AvgIpc) is 3.70. The Labute approximate surface area is 268 Å². The van der Waals surface area contributed by atoms with Gasteiger partial charge in [0.05, 0.1) is 33.7 Å². The molecule has 0 fully saturated rings. The average molecular weight is 652 g/mol. The zero-order chi connectivity index (χ0) is 31.2. The smallest absolute Gasteiger partial charge is 0.265 e. The van der Waals surface area contributed by atoms with Gasteiger partial charge >= 0.3 is 0 Å². The van der Waals surface area contributed by atoms with Gasteiger partial charge in [0.2, 0.25) is 5.91 Å². The number of imidazole rings is 1. The van der Waals surface area contributed by atoms with Gasteiger partial charge in [-0.05, 0) is 63.2 Å². The molecule has 44 heavy (non-hydrogen) atoms. The van der Waals surface area contributed by atoms with Crippen molar-refractivity contribution in [3.8, 4) is 17.3 Å². The highest BCUT2D eigenvalue weighted by Crippen LogP contribution is 2.37. The number of rotatable bonds is 4. The quantitative estimate of drug-likeness (QED) is 0.200. The number of fused-ring (bicyclic) bond motifs is 3. The lowest BCUT2D eigenvalue weighted by atomic mass is 10.2. The molecule has 0 unspecified atom stereocenters. The van der Waals surface area contributed by atoms with Crippen LogP contribution in [0.4, 0.5) is 15.8 Å². The van der Waals surface area contributed by atoms with E-state index in [-0.39, 0.29) is 24.2 Å². The van der Waals surface area contributed by atoms with Gasteiger partial charge in [0.15, 0.2) is 12.4 Å². The Balaban J connectivity index is 0.000000131. The van der Waals surface area contributed by atoms with Gasteiger partial charge in [0.1, 0.15) is 17.3 Å². The molecule has 0 radical (unpaired) electrons. The minimum atomic E-state index is -0.361. The number of halogens is 2. The molecule has 7 rings (SSSR count). The van der Waals surface area contributed by atoms with Crippen molar-refractivity contribution in [1.82, 2.24) is 14.5 Å². The van der Waals surface area contributed by atoms with Crippen LogP contribution in [0.15, 0.2) is 76.4 Å². The third kappa shape index (κ3) is 6.74. The highest BCUT2D eigenvalue weighted by atomic mass is 35.5. The molecule has 4 heterocycles. The molecule has 0 spiro atoms. The maximum Gasteiger partial charge on any atom is 0.265 e. The van der Waals surface area contributed by atoms with Crippen molar-refractivity contribution < 1.29 is 18.7 Å². The fourth-order valence-corrected chi connectivity index (χ4v) is 6.70. The van der Waals surface area contributed by atoms with Crippen LogP contribution in [0.25, 0.3) is 22.6 Å². The van der Waals surface area contributed by atoms with Gasteiger partial charge in [-0.3, -0.25) is 9.59 Å². The number of benzene rings is 3. The molecule has 2 amide bonds. The lowest BCUT2D eigenvalue weighted by Gasteiger charge is -2.28. The Morgan fingerprint density at radius 1 is 0.932 bits per heavy atom. The number of hydrogen-bond donors (Lipinski definition) is 0. The van der Waals surface area contributed by atoms with E-state index in [1.807, 2.05) is 61.1 Å². The van der Waals surface area contributed by atoms with Gasteiger partial charge in [-0.25, -0.2) is 14.4 Å². The Morgan fingerprint density at radius 3 is 2.43 bits per heavy atom. The Kier molecular flexibility index (Phi) is 10.2. The normalized spacial score (nSPS) is 13.8. The monoisotopic (exact) mass is 651 g/mol. The maximum absolute atomic E-state index is 12.9. The number of thioether (sulfide) groups is 1. The molecule has 2 aliphatic rings. The number of nitrogens with zero attached hydrogens (tertiary/aromatic N) is 5. The van der Waals surface area contributed by atoms with E-state index in [1.165, 1.54) is 22.5 Å². The molecule has 0 aliphatic carbocycles. The Morgan fingerprint density at radius 2 is 1.70 bits per heavy atom. The summed E-state index contributed by atoms with van der Waals surface area (Å²) in [6.07, 6.45) is 0. The van der Waals surface area contributed by atoms with Crippen molar-refractivity contribution in [1.29, 1.82) is 0 Å². The first-order chi connectivity index (χ1) is 21.3. The summed E-state index contributed by atoms with van der Waals surface area (Å²) in [6.45, 7) is 8.14. The fourth-order valence-electron chi connectivity index (χ4n) is 4.96. The van der Waals surface area contributed by atoms with Gasteiger partial charge in [-0.15, -0.1) is 23.1 Å². The molecule has 0 saturated carbocycles. The molecule has 0 atom stereocenters. The maximum atomic E-state index is 12.9. The molecule has 12 heteroatoms. The second-order valence-electron chi connectivity index (χ2n) is 9.62. The predicted octanol–water partition coefficient (Wildman–Crippen LogP) is 7.55. The number of hydrogen-bond acceptors (Lipinski definition) is 7. The summed E-state index contributed by atoms with van der Waals surface area (Å²) in [5.41, 5.74) is 6.51. The number of amides is 2. The summed E-state index contributed by atoms with van der Waals surface area (Å²) in [5.74, 6) is 1.72. The van der Waals surface area contributed by atoms with Crippen LogP contribution in [0.2, 0.25) is 5.02 Å². The van der Waals surface area contributed by atoms with Crippen molar-refractivity contribution in [3.05, 3.63) is 82.4 Å². The van der Waals surface area contributed by atoms with Crippen LogP contribution in [0.1, 0.15) is 20.8 Å². The number of likely N-dealkylation sites (N-methyl/N-ethyl adjacent to an activating group) is 1. The first-order valence-electron chi connectivity index (χ1n) is 14.1. The number of aromatic nitrogens is 3. The van der Waals surface area contributed by atoms with Crippen LogP contribution in [-0.4, -0.2) is 51.8 Å². The zero-order valence-electron chi connectivity index (χ0n) is 24.5. The topological polar surface area (TPSA) is 80.6 Å². The largest absolute Gasteiger partial charge is 0.482 e. The van der Waals surface area contributed by atoms with Crippen molar-refractivity contribution in [2.24, 2.45) is 0 Å². The van der Waals surface area contributed by atoms with Gasteiger partial charge in [0.25, 0.3) is 5.91 Å². The lowest BCUT2D eigenvalue weighted by molar-refractivity contribution is -0.121. The van der Waals surface area contributed by atoms with E-state index < -0.39 is 0 Å². The van der Waals surface area contributed by atoms with Crippen LogP contribution >= 0.6 is 34.7 Å². The van der Waals surface area contributed by atoms with Gasteiger partial charge in [0, 0.05) is 41.0 Å². The summed E-state index contributed by atoms with van der Waals surface area (Å²) in [7, 11) is 0. The van der Waals surface area contributed by atoms with E-state index in [1.54, 1.807) is 34.1 Å². The number of carbonyl (C=O) groups is 2. The highest BCUT2D eigenvalue weighted by Gasteiger charge is 2.25. The highest BCUT2D eigenvalue weighted by molar-refractivity contribution is 8.00. The summed E-state index contributed by atoms with van der Waals surface area (Å²) in [6, 6.07) is 18.0. The minimum Gasteiger partial charge on any atom is -0.482 e. The molecule has 5 aromatic rings. The second-order valence-corrected chi connectivity index (χ2v) is 11.8. The second kappa shape index (κ2) is 14.2. The van der Waals surface area contributed by atoms with E-state index in [0.717, 1.165) is 39.2 Å². The number of ether oxygens (including phenoxy) is 1. The van der Waals surface area contributed by atoms with E-state index in [0.29, 0.717) is 30.3 Å². The van der Waals surface area contributed by atoms with Crippen molar-refractivity contribution in [3.63, 3.8) is 0 Å². The number of carbonyl (C=O) groups excluding carboxylic acids is 2. The van der Waals surface area contributed by atoms with Crippen LogP contribution in [0, 0.1) is 5.82 Å². The molecule has 0 N–H and O–H groups in total. The van der Waals surface area contributed by atoms with Crippen molar-refractivity contribution in [2.45, 2.75) is 32.2 Å². The van der Waals surface area contributed by atoms with E-state index in [4.69, 9.17) is 16.3 Å². The van der Waals surface area contributed by atoms with Crippen molar-refractivity contribution >= 4 is 68.9 Å². The van der Waals surface area contributed by atoms with E-state index in [9.17, 15) is 14.0 Å². The summed E-state index contributed by atoms with van der Waals surface area (Å²) < 4.78 is 20.3. The standard InChI is InChI=1S/C12H11N3S.C10H10ClNOS.C10H10FNO2/c1-2-15-11-6-4-3-5-9(11)14-12(15)10-7-16-8-13-10;1-2-12-8-4-3-7(11)5-9(8)14-6-10(12)13;1-2-12-8-5-7(11)3-4-9(8)14-6-10(12)13/h3-8H,2H2,1H3;2*3-5H,2,6H2,1H3. The first-order valence-corrected chi connectivity index (χ1v) is 16.4. The minimum absolute atomic E-state index is 0.0342. The molecule has 2 aromatic heterocycles. The van der Waals surface area contributed by atoms with Crippen LogP contribution in [0.3, 0.4) is 0 Å². The molecule has 228 valence electrons. The van der Waals surface area contributed by atoms with Crippen LogP contribution < -0.4 is 14.5 Å². The molecule has 0 bridgehead atoms. The summed E-state index contributed by atoms with van der Waals surface area (Å²) >= 11 is 9.04. The van der Waals surface area contributed by atoms with E-state index in [2.05, 4.69) is 27.5 Å². The SMILES string of the molecule is CCN1C(=O)COc2ccc(F)cc21.CCN1C(=O)CSc2cc(Cl)ccc21.CCn1c(-c2cscn2)nc2ccccc21. The summed E-state index contributed by atoms with van der Waals surface area (Å²) in [5, 5.41) is 2.76. The number of thiazole rings is 1. The predicted molar refractivity (Wildman–Crippen MR) is 177 cm³/mol. The van der Waals surface area contributed by atoms with Crippen LogP contribution in [0.5, 0.6) is 5.75 Å². The Bertz CT molecular complexity index is 1780. The number of para-hydroxylation sites is 2. The Hall–Kier alpha value is -3.93. The fraction of sp³-hybridized carbons (Fsp3) is 0.250. The third-order valence-electron chi connectivity index (χ3n) is 6.99. The van der Waals surface area contributed by atoms with Crippen LogP contribution in [-0.2, 0) is 16.1 Å². The third-order valence-corrected chi connectivity index (χ3v) is 8.84. The molecular formula is C32H31ClFN5O3S2. The molecule has 2 aliphatic heterocycles. The van der Waals surface area contributed by atoms with Gasteiger partial charge < -0.3 is 19.1 Å². The number of aryl methyl sites for hydroxylation is 1. The number of anilines is 2. The van der Waals surface area contributed by atoms with Crippen molar-refractivity contribution in [2.75, 3.05) is 35.2 Å².